The monoisotopic (exact) mass is 384 g/mol. The number of aromatic nitrogens is 4. The largest absolute Gasteiger partial charge is 0.490 e. The molecule has 0 radical (unpaired) electrons. The molecule has 3 aromatic heterocycles. The maximum Gasteiger partial charge on any atom is 0.490 e. The summed E-state index contributed by atoms with van der Waals surface area (Å²) in [5.41, 5.74) is 2.85. The van der Waals surface area contributed by atoms with Crippen molar-refractivity contribution in [3.8, 4) is 11.1 Å². The molecule has 3 heterocycles. The molecule has 3 rings (SSSR count). The van der Waals surface area contributed by atoms with Gasteiger partial charge in [0.25, 0.3) is 0 Å². The number of nitrogens with zero attached hydrogens (tertiary/aromatic N) is 3. The Morgan fingerprint density at radius 3 is 2.56 bits per heavy atom. The normalized spacial score (nSPS) is 11.9. The first-order chi connectivity index (χ1) is 12.6. The lowest BCUT2D eigenvalue weighted by molar-refractivity contribution is -0.192. The van der Waals surface area contributed by atoms with Crippen LogP contribution in [-0.2, 0) is 10.3 Å². The Morgan fingerprint density at radius 2 is 1.96 bits per heavy atom. The SMILES string of the molecule is CC(C)(CCO)n1cc(-c2ccnc3[nH]ccc23)cn1.O=C(O)C(F)(F)F. The van der Waals surface area contributed by atoms with Crippen LogP contribution >= 0.6 is 0 Å². The number of carbonyl (C=O) groups is 1. The fourth-order valence-corrected chi connectivity index (χ4v) is 2.39. The number of halogens is 3. The van der Waals surface area contributed by atoms with Crippen molar-refractivity contribution < 1.29 is 28.2 Å². The summed E-state index contributed by atoms with van der Waals surface area (Å²) >= 11 is 0. The van der Waals surface area contributed by atoms with Crippen molar-refractivity contribution in [2.24, 2.45) is 0 Å². The summed E-state index contributed by atoms with van der Waals surface area (Å²) in [6, 6.07) is 4.02. The number of rotatable bonds is 4. The minimum atomic E-state index is -5.08. The Bertz CT molecular complexity index is 915. The number of fused-ring (bicyclic) bond motifs is 1. The lowest BCUT2D eigenvalue weighted by Crippen LogP contribution is -2.27. The van der Waals surface area contributed by atoms with Crippen LogP contribution in [0.15, 0.2) is 36.9 Å². The van der Waals surface area contributed by atoms with Gasteiger partial charge in [-0.2, -0.15) is 18.3 Å². The van der Waals surface area contributed by atoms with E-state index in [-0.39, 0.29) is 12.1 Å². The second-order valence-corrected chi connectivity index (χ2v) is 6.36. The summed E-state index contributed by atoms with van der Waals surface area (Å²) in [5.74, 6) is -2.76. The highest BCUT2D eigenvalue weighted by Crippen LogP contribution is 2.28. The molecule has 0 saturated carbocycles. The van der Waals surface area contributed by atoms with Gasteiger partial charge < -0.3 is 15.2 Å². The quantitative estimate of drug-likeness (QED) is 0.641. The van der Waals surface area contributed by atoms with Crippen LogP contribution in [0.3, 0.4) is 0 Å². The van der Waals surface area contributed by atoms with Crippen LogP contribution < -0.4 is 0 Å². The fourth-order valence-electron chi connectivity index (χ4n) is 2.39. The third-order valence-electron chi connectivity index (χ3n) is 3.94. The third kappa shape index (κ3) is 4.85. The van der Waals surface area contributed by atoms with Gasteiger partial charge in [-0.3, -0.25) is 4.68 Å². The Hall–Kier alpha value is -2.88. The van der Waals surface area contributed by atoms with Crippen LogP contribution in [-0.4, -0.2) is 48.7 Å². The summed E-state index contributed by atoms with van der Waals surface area (Å²) in [4.78, 5) is 16.3. The number of hydrogen-bond donors (Lipinski definition) is 3. The highest BCUT2D eigenvalue weighted by atomic mass is 19.4. The zero-order valence-corrected chi connectivity index (χ0v) is 14.7. The van der Waals surface area contributed by atoms with Crippen molar-refractivity contribution in [2.75, 3.05) is 6.61 Å². The van der Waals surface area contributed by atoms with Gasteiger partial charge >= 0.3 is 12.1 Å². The molecule has 0 saturated heterocycles. The molecule has 0 amide bonds. The number of nitrogens with one attached hydrogen (secondary N) is 1. The molecular formula is C17H19F3N4O3. The highest BCUT2D eigenvalue weighted by Gasteiger charge is 2.38. The number of aliphatic hydroxyl groups is 1. The molecule has 10 heteroatoms. The summed E-state index contributed by atoms with van der Waals surface area (Å²) in [6.45, 7) is 4.29. The molecule has 7 nitrogen and oxygen atoms in total. The van der Waals surface area contributed by atoms with Crippen molar-refractivity contribution >= 4 is 17.0 Å². The van der Waals surface area contributed by atoms with Crippen LogP contribution in [0.1, 0.15) is 20.3 Å². The van der Waals surface area contributed by atoms with E-state index in [1.54, 1.807) is 6.20 Å². The van der Waals surface area contributed by atoms with Crippen LogP contribution in [0, 0.1) is 0 Å². The number of H-pyrrole nitrogens is 1. The molecule has 0 fully saturated rings. The number of aliphatic hydroxyl groups excluding tert-OH is 1. The maximum atomic E-state index is 10.6. The molecule has 0 aliphatic rings. The predicted molar refractivity (Wildman–Crippen MR) is 92.0 cm³/mol. The Kier molecular flexibility index (Phi) is 5.89. The molecule has 0 aliphatic heterocycles. The van der Waals surface area contributed by atoms with Gasteiger partial charge in [-0.1, -0.05) is 0 Å². The number of hydrogen-bond acceptors (Lipinski definition) is 4. The fraction of sp³-hybridized carbons (Fsp3) is 0.353. The Balaban J connectivity index is 0.000000321. The predicted octanol–water partition coefficient (Wildman–Crippen LogP) is 3.18. The summed E-state index contributed by atoms with van der Waals surface area (Å²) in [6.07, 6.45) is 3.16. The number of carboxylic acids is 1. The third-order valence-corrected chi connectivity index (χ3v) is 3.94. The van der Waals surface area contributed by atoms with Crippen LogP contribution in [0.4, 0.5) is 13.2 Å². The van der Waals surface area contributed by atoms with E-state index >= 15 is 0 Å². The van der Waals surface area contributed by atoms with Gasteiger partial charge in [-0.15, -0.1) is 0 Å². The second kappa shape index (κ2) is 7.78. The Morgan fingerprint density at radius 1 is 1.30 bits per heavy atom. The number of aliphatic carboxylic acids is 1. The minimum absolute atomic E-state index is 0.152. The minimum Gasteiger partial charge on any atom is -0.475 e. The number of aromatic amines is 1. The van der Waals surface area contributed by atoms with Crippen molar-refractivity contribution in [1.82, 2.24) is 19.7 Å². The zero-order valence-electron chi connectivity index (χ0n) is 14.7. The van der Waals surface area contributed by atoms with E-state index in [1.165, 1.54) is 0 Å². The first-order valence-corrected chi connectivity index (χ1v) is 7.95. The van der Waals surface area contributed by atoms with Crippen LogP contribution in [0.5, 0.6) is 0 Å². The van der Waals surface area contributed by atoms with E-state index in [0.717, 1.165) is 22.2 Å². The molecule has 0 unspecified atom stereocenters. The molecule has 27 heavy (non-hydrogen) atoms. The first kappa shape index (κ1) is 20.4. The molecule has 0 aromatic carbocycles. The van der Waals surface area contributed by atoms with Gasteiger partial charge in [0.1, 0.15) is 5.65 Å². The highest BCUT2D eigenvalue weighted by molar-refractivity contribution is 5.92. The van der Waals surface area contributed by atoms with E-state index in [2.05, 4.69) is 28.9 Å². The van der Waals surface area contributed by atoms with E-state index in [4.69, 9.17) is 15.0 Å². The zero-order chi connectivity index (χ0) is 20.2. The average Bonchev–Trinajstić information content (AvgIpc) is 3.24. The standard InChI is InChI=1S/C15H18N4O.C2HF3O2/c1-15(2,5-8-20)19-10-11(9-18-19)12-3-6-16-14-13(12)4-7-17-14;3-2(4,5)1(6)7/h3-4,6-7,9-10,20H,5,8H2,1-2H3,(H,16,17);(H,6,7). The molecule has 0 aliphatic carbocycles. The molecule has 0 bridgehead atoms. The lowest BCUT2D eigenvalue weighted by Gasteiger charge is -2.24. The van der Waals surface area contributed by atoms with Gasteiger partial charge in [0, 0.05) is 36.1 Å². The number of alkyl halides is 3. The summed E-state index contributed by atoms with van der Waals surface area (Å²) < 4.78 is 33.7. The van der Waals surface area contributed by atoms with Gasteiger partial charge in [0.15, 0.2) is 0 Å². The van der Waals surface area contributed by atoms with Crippen molar-refractivity contribution in [1.29, 1.82) is 0 Å². The summed E-state index contributed by atoms with van der Waals surface area (Å²) in [5, 5.41) is 21.8. The molecule has 146 valence electrons. The Labute approximate surface area is 152 Å². The van der Waals surface area contributed by atoms with Gasteiger partial charge in [0.05, 0.1) is 11.7 Å². The van der Waals surface area contributed by atoms with E-state index in [0.29, 0.717) is 6.42 Å². The molecule has 0 atom stereocenters. The average molecular weight is 384 g/mol. The van der Waals surface area contributed by atoms with Crippen LogP contribution in [0.2, 0.25) is 0 Å². The van der Waals surface area contributed by atoms with Gasteiger partial charge in [-0.05, 0) is 38.0 Å². The van der Waals surface area contributed by atoms with E-state index in [1.807, 2.05) is 35.4 Å². The molecular weight excluding hydrogens is 365 g/mol. The maximum absolute atomic E-state index is 10.6. The van der Waals surface area contributed by atoms with Gasteiger partial charge in [-0.25, -0.2) is 9.78 Å². The summed E-state index contributed by atoms with van der Waals surface area (Å²) in [7, 11) is 0. The van der Waals surface area contributed by atoms with Gasteiger partial charge in [0.2, 0.25) is 0 Å². The number of carboxylic acid groups (broad SMARTS) is 1. The second-order valence-electron chi connectivity index (χ2n) is 6.36. The molecule has 0 spiro atoms. The van der Waals surface area contributed by atoms with Crippen molar-refractivity contribution in [3.05, 3.63) is 36.9 Å². The van der Waals surface area contributed by atoms with Crippen molar-refractivity contribution in [3.63, 3.8) is 0 Å². The first-order valence-electron chi connectivity index (χ1n) is 7.95. The van der Waals surface area contributed by atoms with Crippen LogP contribution in [0.25, 0.3) is 22.2 Å². The van der Waals surface area contributed by atoms with E-state index < -0.39 is 12.1 Å². The number of pyridine rings is 1. The van der Waals surface area contributed by atoms with E-state index in [9.17, 15) is 13.2 Å². The van der Waals surface area contributed by atoms with Crippen molar-refractivity contribution in [2.45, 2.75) is 32.0 Å². The molecule has 3 aromatic rings. The topological polar surface area (TPSA) is 104 Å². The lowest BCUT2D eigenvalue weighted by atomic mass is 10.0. The smallest absolute Gasteiger partial charge is 0.475 e. The molecule has 3 N–H and O–H groups in total.